The third kappa shape index (κ3) is 3.05. The molecule has 0 aliphatic rings. The van der Waals surface area contributed by atoms with Crippen LogP contribution in [0.4, 0.5) is 0 Å². The van der Waals surface area contributed by atoms with Gasteiger partial charge in [0.15, 0.2) is 0 Å². The predicted molar refractivity (Wildman–Crippen MR) is 48.5 cm³/mol. The molecule has 0 aromatic rings. The number of nitrogens with zero attached hydrogens (tertiary/aromatic N) is 1. The first-order valence-electron chi connectivity index (χ1n) is 3.79. The van der Waals surface area contributed by atoms with Crippen LogP contribution in [0.15, 0.2) is 36.7 Å². The molecular formula is C9H17N2+. The van der Waals surface area contributed by atoms with Crippen molar-refractivity contribution >= 4 is 0 Å². The van der Waals surface area contributed by atoms with E-state index in [1.807, 2.05) is 55.8 Å². The van der Waals surface area contributed by atoms with Crippen LogP contribution in [0.5, 0.6) is 0 Å². The molecule has 0 saturated carbocycles. The van der Waals surface area contributed by atoms with Crippen LogP contribution in [-0.4, -0.2) is 12.1 Å². The first-order chi connectivity index (χ1) is 5.29. The van der Waals surface area contributed by atoms with Gasteiger partial charge in [-0.2, -0.15) is 0 Å². The highest BCUT2D eigenvalue weighted by Crippen LogP contribution is 1.98. The zero-order chi connectivity index (χ0) is 8.69. The van der Waals surface area contributed by atoms with E-state index in [1.165, 1.54) is 0 Å². The highest BCUT2D eigenvalue weighted by Gasteiger charge is 1.99. The lowest BCUT2D eigenvalue weighted by Gasteiger charge is -2.14. The van der Waals surface area contributed by atoms with Crippen molar-refractivity contribution in [2.75, 3.05) is 7.05 Å². The topological polar surface area (TPSA) is 19.9 Å². The van der Waals surface area contributed by atoms with Crippen LogP contribution in [-0.2, 0) is 0 Å². The summed E-state index contributed by atoms with van der Waals surface area (Å²) in [6.45, 7) is 7.71. The average Bonchev–Trinajstić information content (AvgIpc) is 2.05. The van der Waals surface area contributed by atoms with Gasteiger partial charge < -0.3 is 0 Å². The molecule has 0 radical (unpaired) electrons. The van der Waals surface area contributed by atoms with E-state index in [4.69, 9.17) is 0 Å². The summed E-state index contributed by atoms with van der Waals surface area (Å²) in [5, 5.41) is 2.02. The third-order valence-electron chi connectivity index (χ3n) is 1.39. The molecule has 0 aliphatic heterocycles. The van der Waals surface area contributed by atoms with Gasteiger partial charge in [-0.1, -0.05) is 18.7 Å². The highest BCUT2D eigenvalue weighted by molar-refractivity contribution is 5.13. The number of allylic oxidation sites excluding steroid dienone is 3. The number of nitrogens with two attached hydrogens (primary N) is 1. The van der Waals surface area contributed by atoms with Gasteiger partial charge >= 0.3 is 0 Å². The minimum absolute atomic E-state index is 1.10. The second kappa shape index (κ2) is 5.74. The van der Waals surface area contributed by atoms with Crippen molar-refractivity contribution in [1.82, 2.24) is 5.01 Å². The molecule has 0 aromatic carbocycles. The Labute approximate surface area is 68.9 Å². The van der Waals surface area contributed by atoms with Crippen LogP contribution in [0.1, 0.15) is 13.8 Å². The van der Waals surface area contributed by atoms with E-state index in [9.17, 15) is 0 Å². The Kier molecular flexibility index (Phi) is 5.21. The minimum atomic E-state index is 1.10. The summed E-state index contributed by atoms with van der Waals surface area (Å²) in [7, 11) is 1.99. The maximum absolute atomic E-state index is 3.72. The lowest BCUT2D eigenvalue weighted by molar-refractivity contribution is -0.760. The molecule has 2 nitrogen and oxygen atoms in total. The summed E-state index contributed by atoms with van der Waals surface area (Å²) in [6, 6.07) is 0. The first kappa shape index (κ1) is 9.98. The molecule has 0 amide bonds. The fourth-order valence-corrected chi connectivity index (χ4v) is 0.854. The largest absolute Gasteiger partial charge is 0.242 e. The SMILES string of the molecule is C=CC(=CC)N(C=CC)[NH2+]C. The normalized spacial score (nSPS) is 12.1. The molecule has 2 heteroatoms. The summed E-state index contributed by atoms with van der Waals surface area (Å²) in [5.74, 6) is 0. The van der Waals surface area contributed by atoms with E-state index in [-0.39, 0.29) is 0 Å². The van der Waals surface area contributed by atoms with Crippen LogP contribution >= 0.6 is 0 Å². The lowest BCUT2D eigenvalue weighted by atomic mass is 10.4. The van der Waals surface area contributed by atoms with Crippen molar-refractivity contribution in [2.45, 2.75) is 13.8 Å². The summed E-state index contributed by atoms with van der Waals surface area (Å²) in [4.78, 5) is 0. The van der Waals surface area contributed by atoms with E-state index in [0.717, 1.165) is 5.70 Å². The summed E-state index contributed by atoms with van der Waals surface area (Å²) < 4.78 is 0. The maximum atomic E-state index is 3.72. The quantitative estimate of drug-likeness (QED) is 0.363. The molecule has 0 saturated heterocycles. The van der Waals surface area contributed by atoms with Gasteiger partial charge in [0.2, 0.25) is 0 Å². The summed E-state index contributed by atoms with van der Waals surface area (Å²) in [5.41, 5.74) is 3.10. The van der Waals surface area contributed by atoms with Crippen LogP contribution < -0.4 is 5.43 Å². The zero-order valence-corrected chi connectivity index (χ0v) is 7.54. The van der Waals surface area contributed by atoms with Gasteiger partial charge in [-0.3, -0.25) is 0 Å². The zero-order valence-electron chi connectivity index (χ0n) is 7.54. The average molecular weight is 153 g/mol. The standard InChI is InChI=1S/C9H16N2/c1-5-8-11(10-4)9(6-2)7-3/h5-8,10H,2H2,1,3-4H3/p+1. The Morgan fingerprint density at radius 1 is 1.45 bits per heavy atom. The van der Waals surface area contributed by atoms with E-state index < -0.39 is 0 Å². The predicted octanol–water partition coefficient (Wildman–Crippen LogP) is 1.02. The molecule has 0 aliphatic carbocycles. The Bertz CT molecular complexity index is 168. The monoisotopic (exact) mass is 153 g/mol. The van der Waals surface area contributed by atoms with Gasteiger partial charge in [0.25, 0.3) is 0 Å². The van der Waals surface area contributed by atoms with Gasteiger partial charge in [0.1, 0.15) is 0 Å². The first-order valence-corrected chi connectivity index (χ1v) is 3.79. The molecule has 0 fully saturated rings. The molecule has 62 valence electrons. The van der Waals surface area contributed by atoms with Crippen LogP contribution in [0.2, 0.25) is 0 Å². The molecule has 0 aromatic heterocycles. The maximum Gasteiger partial charge on any atom is 0.0883 e. The van der Waals surface area contributed by atoms with Crippen LogP contribution in [0.25, 0.3) is 0 Å². The fraction of sp³-hybridized carbons (Fsp3) is 0.333. The van der Waals surface area contributed by atoms with Crippen LogP contribution in [0.3, 0.4) is 0 Å². The van der Waals surface area contributed by atoms with Crippen molar-refractivity contribution in [3.8, 4) is 0 Å². The number of quaternary nitrogens is 1. The van der Waals surface area contributed by atoms with Crippen molar-refractivity contribution in [3.63, 3.8) is 0 Å². The lowest BCUT2D eigenvalue weighted by Crippen LogP contribution is -2.88. The molecule has 0 unspecified atom stereocenters. The molecule has 0 rings (SSSR count). The molecule has 0 heterocycles. The third-order valence-corrected chi connectivity index (χ3v) is 1.39. The number of hydrogen-bond donors (Lipinski definition) is 1. The molecule has 2 N–H and O–H groups in total. The fourth-order valence-electron chi connectivity index (χ4n) is 0.854. The summed E-state index contributed by atoms with van der Waals surface area (Å²) >= 11 is 0. The molecule has 0 bridgehead atoms. The Balaban J connectivity index is 4.34. The smallest absolute Gasteiger partial charge is 0.0883 e. The molecule has 0 atom stereocenters. The minimum Gasteiger partial charge on any atom is -0.242 e. The second-order valence-corrected chi connectivity index (χ2v) is 2.07. The molecule has 0 spiro atoms. The molecule has 11 heavy (non-hydrogen) atoms. The van der Waals surface area contributed by atoms with Crippen molar-refractivity contribution in [2.24, 2.45) is 0 Å². The van der Waals surface area contributed by atoms with Crippen molar-refractivity contribution < 1.29 is 5.43 Å². The number of hydrogen-bond acceptors (Lipinski definition) is 1. The van der Waals surface area contributed by atoms with E-state index in [2.05, 4.69) is 6.58 Å². The number of rotatable bonds is 4. The van der Waals surface area contributed by atoms with Crippen LogP contribution in [0, 0.1) is 0 Å². The van der Waals surface area contributed by atoms with Gasteiger partial charge in [-0.15, -0.1) is 0 Å². The van der Waals surface area contributed by atoms with E-state index >= 15 is 0 Å². The Morgan fingerprint density at radius 3 is 2.36 bits per heavy atom. The van der Waals surface area contributed by atoms with E-state index in [1.54, 1.807) is 0 Å². The molecular weight excluding hydrogens is 136 g/mol. The van der Waals surface area contributed by atoms with Gasteiger partial charge in [0, 0.05) is 0 Å². The Hall–Kier alpha value is -1.02. The van der Waals surface area contributed by atoms with E-state index in [0.29, 0.717) is 0 Å². The highest BCUT2D eigenvalue weighted by atomic mass is 15.5. The summed E-state index contributed by atoms with van der Waals surface area (Å²) in [6.07, 6.45) is 7.84. The second-order valence-electron chi connectivity index (χ2n) is 2.07. The Morgan fingerprint density at radius 2 is 2.09 bits per heavy atom. The van der Waals surface area contributed by atoms with Gasteiger partial charge in [-0.25, -0.2) is 10.4 Å². The van der Waals surface area contributed by atoms with Gasteiger partial charge in [0.05, 0.1) is 18.9 Å². The van der Waals surface area contributed by atoms with Crippen molar-refractivity contribution in [1.29, 1.82) is 0 Å². The van der Waals surface area contributed by atoms with Gasteiger partial charge in [-0.05, 0) is 19.9 Å². The van der Waals surface area contributed by atoms with Crippen molar-refractivity contribution in [3.05, 3.63) is 36.7 Å².